The topological polar surface area (TPSA) is 97.0 Å². The number of anilines is 1. The Morgan fingerprint density at radius 2 is 1.55 bits per heavy atom. The summed E-state index contributed by atoms with van der Waals surface area (Å²) in [5.41, 5.74) is 2.89. The molecule has 47 heavy (non-hydrogen) atoms. The number of hydrogen-bond acceptors (Lipinski definition) is 6. The van der Waals surface area contributed by atoms with E-state index in [0.717, 1.165) is 16.2 Å². The van der Waals surface area contributed by atoms with E-state index in [1.54, 1.807) is 29.8 Å². The third kappa shape index (κ3) is 9.83. The number of carbonyl (C=O) groups excluding carboxylic acids is 3. The van der Waals surface area contributed by atoms with E-state index in [1.165, 1.54) is 29.8 Å². The number of likely N-dealkylation sites (tertiary alicyclic amines) is 1. The maximum Gasteiger partial charge on any atom is 0.410 e. The summed E-state index contributed by atoms with van der Waals surface area (Å²) in [5, 5.41) is 5.80. The van der Waals surface area contributed by atoms with Crippen molar-refractivity contribution in [3.63, 3.8) is 0 Å². The lowest BCUT2D eigenvalue weighted by atomic mass is 9.89. The highest BCUT2D eigenvalue weighted by Gasteiger charge is 2.30. The van der Waals surface area contributed by atoms with Crippen LogP contribution in [0.3, 0.4) is 0 Å². The van der Waals surface area contributed by atoms with Crippen molar-refractivity contribution in [3.05, 3.63) is 126 Å². The van der Waals surface area contributed by atoms with Gasteiger partial charge in [0.05, 0.1) is 7.11 Å². The summed E-state index contributed by atoms with van der Waals surface area (Å²) in [6, 6.07) is 29.4. The van der Waals surface area contributed by atoms with Crippen LogP contribution in [0.25, 0.3) is 0 Å². The average Bonchev–Trinajstić information content (AvgIpc) is 3.11. The molecule has 0 aliphatic carbocycles. The normalized spacial score (nSPS) is 13.8. The Hall–Kier alpha value is -4.83. The van der Waals surface area contributed by atoms with Gasteiger partial charge in [-0.2, -0.15) is 0 Å². The second-order valence-electron chi connectivity index (χ2n) is 11.4. The van der Waals surface area contributed by atoms with Crippen LogP contribution in [0.2, 0.25) is 0 Å². The molecule has 1 aliphatic heterocycles. The molecule has 1 aliphatic rings. The number of carbonyl (C=O) groups is 3. The van der Waals surface area contributed by atoms with Gasteiger partial charge in [0.1, 0.15) is 24.2 Å². The van der Waals surface area contributed by atoms with E-state index in [9.17, 15) is 18.8 Å². The first-order chi connectivity index (χ1) is 22.9. The van der Waals surface area contributed by atoms with Crippen LogP contribution >= 0.6 is 11.8 Å². The zero-order valence-corrected chi connectivity index (χ0v) is 27.0. The molecule has 8 nitrogen and oxygen atoms in total. The third-order valence-corrected chi connectivity index (χ3v) is 9.17. The van der Waals surface area contributed by atoms with Crippen LogP contribution in [0.1, 0.15) is 40.7 Å². The van der Waals surface area contributed by atoms with Gasteiger partial charge >= 0.3 is 6.09 Å². The van der Waals surface area contributed by atoms with E-state index in [0.29, 0.717) is 43.8 Å². The summed E-state index contributed by atoms with van der Waals surface area (Å²) >= 11 is 1.63. The number of benzene rings is 4. The molecule has 5 rings (SSSR count). The zero-order valence-electron chi connectivity index (χ0n) is 26.2. The van der Waals surface area contributed by atoms with Crippen molar-refractivity contribution in [1.82, 2.24) is 10.2 Å². The molecule has 4 aromatic rings. The highest BCUT2D eigenvalue weighted by molar-refractivity contribution is 7.98. The largest absolute Gasteiger partial charge is 0.496 e. The smallest absolute Gasteiger partial charge is 0.410 e. The van der Waals surface area contributed by atoms with Crippen LogP contribution in [0, 0.1) is 11.7 Å². The fourth-order valence-corrected chi connectivity index (χ4v) is 6.36. The van der Waals surface area contributed by atoms with Crippen LogP contribution in [-0.4, -0.2) is 49.0 Å². The molecule has 0 radical (unpaired) electrons. The summed E-state index contributed by atoms with van der Waals surface area (Å²) in [6.07, 6.45) is 1.30. The summed E-state index contributed by atoms with van der Waals surface area (Å²) in [4.78, 5) is 42.1. The lowest BCUT2D eigenvalue weighted by Crippen LogP contribution is -2.46. The SMILES string of the molecule is COc1cc(NC(=O)[C@H](CC2CCN(C(=O)OCc3ccccc3)CC2)NC(=O)c2ccc(F)cc2)ccc1SCc1ccccc1. The molecule has 244 valence electrons. The Morgan fingerprint density at radius 3 is 2.21 bits per heavy atom. The van der Waals surface area contributed by atoms with Gasteiger partial charge in [0.2, 0.25) is 5.91 Å². The first-order valence-corrected chi connectivity index (χ1v) is 16.5. The van der Waals surface area contributed by atoms with E-state index in [-0.39, 0.29) is 30.1 Å². The van der Waals surface area contributed by atoms with Gasteiger partial charge in [-0.1, -0.05) is 60.7 Å². The minimum Gasteiger partial charge on any atom is -0.496 e. The molecule has 0 bridgehead atoms. The van der Waals surface area contributed by atoms with E-state index in [2.05, 4.69) is 22.8 Å². The molecule has 3 amide bonds. The van der Waals surface area contributed by atoms with Crippen LogP contribution < -0.4 is 15.4 Å². The minimum absolute atomic E-state index is 0.0729. The Kier molecular flexibility index (Phi) is 11.9. The van der Waals surface area contributed by atoms with E-state index in [4.69, 9.17) is 9.47 Å². The number of methoxy groups -OCH3 is 1. The Labute approximate surface area is 278 Å². The van der Waals surface area contributed by atoms with Crippen molar-refractivity contribution in [2.45, 2.75) is 42.6 Å². The fraction of sp³-hybridized carbons (Fsp3) is 0.270. The van der Waals surface area contributed by atoms with Crippen molar-refractivity contribution in [3.8, 4) is 5.75 Å². The van der Waals surface area contributed by atoms with Gasteiger partial charge in [0.25, 0.3) is 5.91 Å². The van der Waals surface area contributed by atoms with E-state index >= 15 is 0 Å². The molecule has 0 saturated carbocycles. The molecule has 4 aromatic carbocycles. The van der Waals surface area contributed by atoms with Crippen molar-refractivity contribution < 1.29 is 28.2 Å². The number of thioether (sulfide) groups is 1. The minimum atomic E-state index is -0.868. The Morgan fingerprint density at radius 1 is 0.894 bits per heavy atom. The molecular formula is C37H38FN3O5S. The molecule has 10 heteroatoms. The average molecular weight is 656 g/mol. The summed E-state index contributed by atoms with van der Waals surface area (Å²) in [5.74, 6) is 0.161. The highest BCUT2D eigenvalue weighted by Crippen LogP contribution is 2.34. The second-order valence-corrected chi connectivity index (χ2v) is 12.4. The second kappa shape index (κ2) is 16.6. The molecule has 0 aromatic heterocycles. The fourth-order valence-electron chi connectivity index (χ4n) is 5.40. The van der Waals surface area contributed by atoms with Crippen molar-refractivity contribution in [2.75, 3.05) is 25.5 Å². The zero-order chi connectivity index (χ0) is 33.0. The Bertz CT molecular complexity index is 1630. The van der Waals surface area contributed by atoms with Gasteiger partial charge in [0, 0.05) is 41.1 Å². The molecule has 1 heterocycles. The first-order valence-electron chi connectivity index (χ1n) is 15.6. The molecule has 1 saturated heterocycles. The van der Waals surface area contributed by atoms with Crippen LogP contribution in [0.15, 0.2) is 108 Å². The monoisotopic (exact) mass is 655 g/mol. The molecule has 0 unspecified atom stereocenters. The summed E-state index contributed by atoms with van der Waals surface area (Å²) < 4.78 is 24.6. The van der Waals surface area contributed by atoms with Gasteiger partial charge in [-0.15, -0.1) is 11.8 Å². The van der Waals surface area contributed by atoms with E-state index < -0.39 is 17.8 Å². The predicted molar refractivity (Wildman–Crippen MR) is 181 cm³/mol. The molecular weight excluding hydrogens is 617 g/mol. The van der Waals surface area contributed by atoms with Gasteiger partial charge < -0.3 is 25.0 Å². The Balaban J connectivity index is 1.22. The van der Waals surface area contributed by atoms with Crippen LogP contribution in [0.5, 0.6) is 5.75 Å². The number of nitrogens with zero attached hydrogens (tertiary/aromatic N) is 1. The number of ether oxygens (including phenoxy) is 2. The number of amides is 3. The number of halogens is 1. The van der Waals surface area contributed by atoms with Crippen molar-refractivity contribution in [2.24, 2.45) is 5.92 Å². The number of piperidine rings is 1. The number of nitrogens with one attached hydrogen (secondary N) is 2. The third-order valence-electron chi connectivity index (χ3n) is 8.04. The summed E-state index contributed by atoms with van der Waals surface area (Å²) in [6.45, 7) is 1.17. The highest BCUT2D eigenvalue weighted by atomic mass is 32.2. The molecule has 0 spiro atoms. The molecule has 1 fully saturated rings. The molecule has 1 atom stereocenters. The van der Waals surface area contributed by atoms with Crippen LogP contribution in [0.4, 0.5) is 14.9 Å². The van der Waals surface area contributed by atoms with Crippen molar-refractivity contribution >= 4 is 35.4 Å². The maximum atomic E-state index is 13.7. The van der Waals surface area contributed by atoms with Gasteiger partial charge in [-0.3, -0.25) is 9.59 Å². The van der Waals surface area contributed by atoms with Gasteiger partial charge in [0.15, 0.2) is 0 Å². The van der Waals surface area contributed by atoms with E-state index in [1.807, 2.05) is 60.7 Å². The predicted octanol–water partition coefficient (Wildman–Crippen LogP) is 7.30. The lowest BCUT2D eigenvalue weighted by molar-refractivity contribution is -0.118. The summed E-state index contributed by atoms with van der Waals surface area (Å²) in [7, 11) is 1.59. The number of hydrogen-bond donors (Lipinski definition) is 2. The van der Waals surface area contributed by atoms with Gasteiger partial charge in [-0.25, -0.2) is 9.18 Å². The maximum absolute atomic E-state index is 13.7. The first kappa shape index (κ1) is 33.5. The standard InChI is InChI=1S/C37H38FN3O5S/c1-45-33-23-31(16-17-34(33)47-25-28-10-6-3-7-11-28)39-36(43)32(40-35(42)29-12-14-30(38)15-13-29)22-26-18-20-41(21-19-26)37(44)46-24-27-8-4-2-5-9-27/h2-17,23,26,32H,18-22,24-25H2,1H3,(H,39,43)(H,40,42)/t32-/m0/s1. The lowest BCUT2D eigenvalue weighted by Gasteiger charge is -2.33. The van der Waals surface area contributed by atoms with Crippen molar-refractivity contribution in [1.29, 1.82) is 0 Å². The van der Waals surface area contributed by atoms with Gasteiger partial charge in [-0.05, 0) is 72.7 Å². The van der Waals surface area contributed by atoms with Crippen LogP contribution in [-0.2, 0) is 21.9 Å². The number of rotatable bonds is 12. The quantitative estimate of drug-likeness (QED) is 0.156. The molecule has 2 N–H and O–H groups in total.